The van der Waals surface area contributed by atoms with Crippen LogP contribution in [0, 0.1) is 12.8 Å². The van der Waals surface area contributed by atoms with Crippen molar-refractivity contribution < 1.29 is 14.6 Å². The summed E-state index contributed by atoms with van der Waals surface area (Å²) in [6, 6.07) is 10.1. The molecule has 3 rings (SSSR count). The molecule has 0 aliphatic carbocycles. The minimum atomic E-state index is -0.493. The second kappa shape index (κ2) is 7.80. The molecule has 25 heavy (non-hydrogen) atoms. The second-order valence-corrected chi connectivity index (χ2v) is 6.61. The van der Waals surface area contributed by atoms with Crippen LogP contribution in [0.25, 0.3) is 0 Å². The lowest BCUT2D eigenvalue weighted by Crippen LogP contribution is -2.29. The van der Waals surface area contributed by atoms with Crippen molar-refractivity contribution in [1.82, 2.24) is 14.7 Å². The van der Waals surface area contributed by atoms with Gasteiger partial charge in [-0.15, -0.1) is 0 Å². The Kier molecular flexibility index (Phi) is 5.50. The van der Waals surface area contributed by atoms with E-state index in [4.69, 9.17) is 4.74 Å². The van der Waals surface area contributed by atoms with Crippen LogP contribution in [0.15, 0.2) is 36.5 Å². The summed E-state index contributed by atoms with van der Waals surface area (Å²) >= 11 is 0. The molecule has 0 bridgehead atoms. The number of methoxy groups -OCH3 is 1. The summed E-state index contributed by atoms with van der Waals surface area (Å²) in [6.07, 6.45) is 2.05. The molecule has 1 N–H and O–H groups in total. The molecule has 0 unspecified atom stereocenters. The second-order valence-electron chi connectivity index (χ2n) is 6.61. The average molecular weight is 343 g/mol. The van der Waals surface area contributed by atoms with Gasteiger partial charge in [-0.05, 0) is 18.9 Å². The maximum Gasteiger partial charge on any atom is 0.257 e. The van der Waals surface area contributed by atoms with Crippen LogP contribution in [0.1, 0.15) is 21.6 Å². The Morgan fingerprint density at radius 3 is 2.80 bits per heavy atom. The van der Waals surface area contributed by atoms with Crippen molar-refractivity contribution in [2.45, 2.75) is 26.0 Å². The molecule has 0 spiro atoms. The van der Waals surface area contributed by atoms with Crippen molar-refractivity contribution in [3.05, 3.63) is 53.3 Å². The number of hydrogen-bond donors (Lipinski definition) is 1. The van der Waals surface area contributed by atoms with E-state index in [9.17, 15) is 9.90 Å². The van der Waals surface area contributed by atoms with Gasteiger partial charge in [0.2, 0.25) is 0 Å². The van der Waals surface area contributed by atoms with Gasteiger partial charge in [-0.1, -0.05) is 30.3 Å². The zero-order valence-electron chi connectivity index (χ0n) is 14.8. The van der Waals surface area contributed by atoms with E-state index in [1.54, 1.807) is 22.9 Å². The molecule has 1 aliphatic heterocycles. The highest BCUT2D eigenvalue weighted by Gasteiger charge is 2.35. The molecule has 0 radical (unpaired) electrons. The predicted molar refractivity (Wildman–Crippen MR) is 94.4 cm³/mol. The number of ether oxygens (including phenoxy) is 1. The number of carbonyl (C=O) groups excluding carboxylic acids is 1. The summed E-state index contributed by atoms with van der Waals surface area (Å²) in [6.45, 7) is 3.95. The number of β-amino-alcohol motifs (C(OH)–C–C–N with tert-alkyl or cyclic N) is 1. The lowest BCUT2D eigenvalue weighted by Gasteiger charge is -2.15. The van der Waals surface area contributed by atoms with Gasteiger partial charge < -0.3 is 14.7 Å². The van der Waals surface area contributed by atoms with E-state index in [2.05, 4.69) is 17.2 Å². The van der Waals surface area contributed by atoms with E-state index >= 15 is 0 Å². The summed E-state index contributed by atoms with van der Waals surface area (Å²) in [5, 5.41) is 14.7. The third-order valence-corrected chi connectivity index (χ3v) is 4.74. The average Bonchev–Trinajstić information content (AvgIpc) is 3.16. The summed E-state index contributed by atoms with van der Waals surface area (Å²) in [5.41, 5.74) is 2.50. The maximum absolute atomic E-state index is 12.8. The molecule has 6 nitrogen and oxygen atoms in total. The molecular weight excluding hydrogens is 318 g/mol. The van der Waals surface area contributed by atoms with Crippen molar-refractivity contribution in [3.8, 4) is 0 Å². The number of carbonyl (C=O) groups is 1. The minimum absolute atomic E-state index is 0.0595. The number of amides is 1. The summed E-state index contributed by atoms with van der Waals surface area (Å²) in [5.74, 6) is 0.00553. The molecule has 2 atom stereocenters. The number of benzene rings is 1. The molecule has 1 aromatic carbocycles. The highest BCUT2D eigenvalue weighted by Crippen LogP contribution is 2.23. The molecule has 1 aliphatic rings. The van der Waals surface area contributed by atoms with Crippen LogP contribution < -0.4 is 0 Å². The van der Waals surface area contributed by atoms with Crippen molar-refractivity contribution >= 4 is 5.91 Å². The Balaban J connectivity index is 1.66. The van der Waals surface area contributed by atoms with Crippen LogP contribution in [0.2, 0.25) is 0 Å². The molecule has 2 aromatic rings. The number of aliphatic hydroxyl groups excluding tert-OH is 1. The van der Waals surface area contributed by atoms with Gasteiger partial charge in [0.1, 0.15) is 0 Å². The zero-order valence-corrected chi connectivity index (χ0v) is 14.8. The lowest BCUT2D eigenvalue weighted by atomic mass is 9.97. The third-order valence-electron chi connectivity index (χ3n) is 4.74. The number of aryl methyl sites for hydroxylation is 1. The number of nitrogens with zero attached hydrogens (tertiary/aromatic N) is 3. The number of aromatic nitrogens is 2. The molecule has 134 valence electrons. The molecule has 1 amide bonds. The van der Waals surface area contributed by atoms with Gasteiger partial charge in [-0.3, -0.25) is 9.48 Å². The van der Waals surface area contributed by atoms with Gasteiger partial charge >= 0.3 is 0 Å². The summed E-state index contributed by atoms with van der Waals surface area (Å²) in [4.78, 5) is 14.6. The van der Waals surface area contributed by atoms with Crippen molar-refractivity contribution in [1.29, 1.82) is 0 Å². The normalized spacial score (nSPS) is 20.2. The van der Waals surface area contributed by atoms with Gasteiger partial charge in [0.25, 0.3) is 5.91 Å². The molecule has 0 saturated carbocycles. The van der Waals surface area contributed by atoms with Crippen LogP contribution in [0.5, 0.6) is 0 Å². The van der Waals surface area contributed by atoms with Gasteiger partial charge in [0.15, 0.2) is 0 Å². The lowest BCUT2D eigenvalue weighted by molar-refractivity contribution is 0.0763. The monoisotopic (exact) mass is 343 g/mol. The van der Waals surface area contributed by atoms with E-state index in [0.717, 1.165) is 6.42 Å². The van der Waals surface area contributed by atoms with Crippen LogP contribution in [0.3, 0.4) is 0 Å². The fraction of sp³-hybridized carbons (Fsp3) is 0.474. The number of aliphatic hydroxyl groups is 1. The Morgan fingerprint density at radius 2 is 2.08 bits per heavy atom. The van der Waals surface area contributed by atoms with Gasteiger partial charge in [-0.2, -0.15) is 5.10 Å². The van der Waals surface area contributed by atoms with Crippen LogP contribution in [-0.2, 0) is 17.7 Å². The first-order valence-electron chi connectivity index (χ1n) is 8.62. The molecule has 2 heterocycles. The van der Waals surface area contributed by atoms with Crippen LogP contribution in [-0.4, -0.2) is 58.6 Å². The first kappa shape index (κ1) is 17.6. The highest BCUT2D eigenvalue weighted by molar-refractivity contribution is 5.95. The van der Waals surface area contributed by atoms with Crippen molar-refractivity contribution in [2.24, 2.45) is 5.92 Å². The zero-order chi connectivity index (χ0) is 17.8. The largest absolute Gasteiger partial charge is 0.391 e. The SMILES string of the molecule is COCCn1cc(C(=O)N2C[C@@H](Cc3ccccc3)[C@H](O)C2)c(C)n1. The standard InChI is InChI=1S/C19H25N3O3/c1-14-17(12-22(20-14)8-9-25-2)19(24)21-11-16(18(23)13-21)10-15-6-4-3-5-7-15/h3-7,12,16,18,23H,8-11,13H2,1-2H3/t16-,18-/m1/s1. The van der Waals surface area contributed by atoms with Crippen molar-refractivity contribution in [2.75, 3.05) is 26.8 Å². The Hall–Kier alpha value is -2.18. The highest BCUT2D eigenvalue weighted by atomic mass is 16.5. The fourth-order valence-corrected chi connectivity index (χ4v) is 3.33. The third kappa shape index (κ3) is 4.08. The van der Waals surface area contributed by atoms with Crippen LogP contribution in [0.4, 0.5) is 0 Å². The Labute approximate surface area is 148 Å². The van der Waals surface area contributed by atoms with Gasteiger partial charge in [0.05, 0.1) is 30.5 Å². The van der Waals surface area contributed by atoms with E-state index in [0.29, 0.717) is 37.5 Å². The molecular formula is C19H25N3O3. The predicted octanol–water partition coefficient (Wildman–Crippen LogP) is 1.51. The van der Waals surface area contributed by atoms with E-state index < -0.39 is 6.10 Å². The summed E-state index contributed by atoms with van der Waals surface area (Å²) in [7, 11) is 1.64. The van der Waals surface area contributed by atoms with E-state index in [1.807, 2.05) is 25.1 Å². The molecule has 1 aromatic heterocycles. The topological polar surface area (TPSA) is 67.6 Å². The minimum Gasteiger partial charge on any atom is -0.391 e. The number of hydrogen-bond acceptors (Lipinski definition) is 4. The Bertz CT molecular complexity index is 714. The number of rotatable bonds is 6. The first-order chi connectivity index (χ1) is 12.1. The van der Waals surface area contributed by atoms with Gasteiger partial charge in [-0.25, -0.2) is 0 Å². The first-order valence-corrected chi connectivity index (χ1v) is 8.62. The fourth-order valence-electron chi connectivity index (χ4n) is 3.33. The van der Waals surface area contributed by atoms with Crippen LogP contribution >= 0.6 is 0 Å². The number of likely N-dealkylation sites (tertiary alicyclic amines) is 1. The molecule has 6 heteroatoms. The van der Waals surface area contributed by atoms with E-state index in [1.165, 1.54) is 5.56 Å². The van der Waals surface area contributed by atoms with E-state index in [-0.39, 0.29) is 11.8 Å². The smallest absolute Gasteiger partial charge is 0.257 e. The maximum atomic E-state index is 12.8. The molecule has 1 saturated heterocycles. The van der Waals surface area contributed by atoms with Gasteiger partial charge in [0, 0.05) is 32.3 Å². The summed E-state index contributed by atoms with van der Waals surface area (Å²) < 4.78 is 6.79. The molecule has 1 fully saturated rings. The van der Waals surface area contributed by atoms with Crippen molar-refractivity contribution in [3.63, 3.8) is 0 Å². The Morgan fingerprint density at radius 1 is 1.32 bits per heavy atom. The quantitative estimate of drug-likeness (QED) is 0.863.